The molecule has 0 radical (unpaired) electrons. The van der Waals surface area contributed by atoms with Crippen molar-refractivity contribution in [2.45, 2.75) is 25.6 Å². The van der Waals surface area contributed by atoms with Gasteiger partial charge >= 0.3 is 5.97 Å². The molecule has 0 aromatic heterocycles. The molecule has 0 bridgehead atoms. The Labute approximate surface area is 105 Å². The van der Waals surface area contributed by atoms with Crippen LogP contribution in [0, 0.1) is 11.3 Å². The Hall–Kier alpha value is -1.90. The quantitative estimate of drug-likeness (QED) is 0.592. The van der Waals surface area contributed by atoms with Gasteiger partial charge in [0.15, 0.2) is 6.10 Å². The standard InChI is InChI=1S/C13H15NO4/c1-2-18-12(16)7-9-3-5-10(6-4-9)13(17)11(15)8-14/h3-6,11,13,15,17H,2,7H2,1H3. The lowest BCUT2D eigenvalue weighted by Gasteiger charge is -2.12. The zero-order valence-electron chi connectivity index (χ0n) is 10.0. The summed E-state index contributed by atoms with van der Waals surface area (Å²) >= 11 is 0. The third kappa shape index (κ3) is 3.84. The van der Waals surface area contributed by atoms with E-state index in [9.17, 15) is 15.0 Å². The van der Waals surface area contributed by atoms with Crippen molar-refractivity contribution in [1.29, 1.82) is 5.26 Å². The highest BCUT2D eigenvalue weighted by molar-refractivity contribution is 5.72. The summed E-state index contributed by atoms with van der Waals surface area (Å²) in [5.74, 6) is -0.317. The molecule has 0 aliphatic heterocycles. The second-order valence-electron chi connectivity index (χ2n) is 3.74. The lowest BCUT2D eigenvalue weighted by molar-refractivity contribution is -0.142. The summed E-state index contributed by atoms with van der Waals surface area (Å²) < 4.78 is 4.81. The van der Waals surface area contributed by atoms with Gasteiger partial charge in [-0.3, -0.25) is 4.79 Å². The molecule has 0 amide bonds. The van der Waals surface area contributed by atoms with E-state index in [4.69, 9.17) is 10.00 Å². The number of carbonyl (C=O) groups is 1. The zero-order valence-corrected chi connectivity index (χ0v) is 10.0. The molecular weight excluding hydrogens is 234 g/mol. The maximum atomic E-state index is 11.2. The Morgan fingerprint density at radius 3 is 2.50 bits per heavy atom. The first kappa shape index (κ1) is 14.2. The van der Waals surface area contributed by atoms with E-state index in [1.165, 1.54) is 0 Å². The SMILES string of the molecule is CCOC(=O)Cc1ccc(C(O)C(O)C#N)cc1. The van der Waals surface area contributed by atoms with Crippen LogP contribution >= 0.6 is 0 Å². The summed E-state index contributed by atoms with van der Waals surface area (Å²) in [7, 11) is 0. The number of benzene rings is 1. The van der Waals surface area contributed by atoms with Gasteiger partial charge in [-0.25, -0.2) is 0 Å². The molecule has 2 atom stereocenters. The minimum absolute atomic E-state index is 0.158. The Kier molecular flexibility index (Phi) is 5.31. The van der Waals surface area contributed by atoms with Gasteiger partial charge in [0.1, 0.15) is 6.10 Å². The minimum atomic E-state index is -1.46. The Morgan fingerprint density at radius 2 is 2.00 bits per heavy atom. The van der Waals surface area contributed by atoms with E-state index in [2.05, 4.69) is 0 Å². The maximum Gasteiger partial charge on any atom is 0.310 e. The Bertz CT molecular complexity index is 435. The first-order chi connectivity index (χ1) is 8.58. The fraction of sp³-hybridized carbons (Fsp3) is 0.385. The normalized spacial score (nSPS) is 13.4. The highest BCUT2D eigenvalue weighted by Crippen LogP contribution is 2.17. The number of nitrogens with zero attached hydrogens (tertiary/aromatic N) is 1. The van der Waals surface area contributed by atoms with E-state index in [-0.39, 0.29) is 12.4 Å². The average Bonchev–Trinajstić information content (AvgIpc) is 2.38. The summed E-state index contributed by atoms with van der Waals surface area (Å²) in [6, 6.07) is 8.00. The fourth-order valence-corrected chi connectivity index (χ4v) is 1.46. The summed E-state index contributed by atoms with van der Waals surface area (Å²) in [5, 5.41) is 27.2. The maximum absolute atomic E-state index is 11.2. The van der Waals surface area contributed by atoms with Gasteiger partial charge in [-0.1, -0.05) is 24.3 Å². The average molecular weight is 249 g/mol. The third-order valence-corrected chi connectivity index (χ3v) is 2.41. The second-order valence-corrected chi connectivity index (χ2v) is 3.74. The van der Waals surface area contributed by atoms with E-state index in [1.807, 2.05) is 0 Å². The van der Waals surface area contributed by atoms with Crippen molar-refractivity contribution in [1.82, 2.24) is 0 Å². The molecule has 96 valence electrons. The number of hydrogen-bond acceptors (Lipinski definition) is 5. The number of rotatable bonds is 5. The molecule has 0 saturated carbocycles. The molecule has 2 unspecified atom stereocenters. The summed E-state index contributed by atoms with van der Waals surface area (Å²) in [6.07, 6.45) is -2.54. The molecular formula is C13H15NO4. The third-order valence-electron chi connectivity index (χ3n) is 2.41. The first-order valence-corrected chi connectivity index (χ1v) is 5.58. The molecule has 0 fully saturated rings. The highest BCUT2D eigenvalue weighted by atomic mass is 16.5. The predicted molar refractivity (Wildman–Crippen MR) is 63.4 cm³/mol. The van der Waals surface area contributed by atoms with Crippen molar-refractivity contribution in [3.63, 3.8) is 0 Å². The van der Waals surface area contributed by atoms with Crippen LogP contribution in [0.15, 0.2) is 24.3 Å². The lowest BCUT2D eigenvalue weighted by atomic mass is 10.0. The van der Waals surface area contributed by atoms with Crippen LogP contribution in [0.1, 0.15) is 24.2 Å². The van der Waals surface area contributed by atoms with Crippen LogP contribution in [-0.2, 0) is 16.0 Å². The van der Waals surface area contributed by atoms with E-state index in [0.29, 0.717) is 12.2 Å². The largest absolute Gasteiger partial charge is 0.466 e. The smallest absolute Gasteiger partial charge is 0.310 e. The van der Waals surface area contributed by atoms with Crippen LogP contribution in [0.4, 0.5) is 0 Å². The van der Waals surface area contributed by atoms with E-state index >= 15 is 0 Å². The van der Waals surface area contributed by atoms with Crippen molar-refractivity contribution in [2.75, 3.05) is 6.61 Å². The topological polar surface area (TPSA) is 90.6 Å². The molecule has 0 saturated heterocycles. The summed E-state index contributed by atoms with van der Waals surface area (Å²) in [4.78, 5) is 11.2. The number of aliphatic hydroxyl groups excluding tert-OH is 2. The van der Waals surface area contributed by atoms with Crippen molar-refractivity contribution in [2.24, 2.45) is 0 Å². The number of aliphatic hydroxyl groups is 2. The number of esters is 1. The van der Waals surface area contributed by atoms with Crippen LogP contribution in [0.3, 0.4) is 0 Å². The van der Waals surface area contributed by atoms with Gasteiger partial charge in [0.25, 0.3) is 0 Å². The van der Waals surface area contributed by atoms with Gasteiger partial charge in [0.05, 0.1) is 19.1 Å². The van der Waals surface area contributed by atoms with Crippen molar-refractivity contribution in [3.8, 4) is 6.07 Å². The minimum Gasteiger partial charge on any atom is -0.466 e. The van der Waals surface area contributed by atoms with E-state index < -0.39 is 12.2 Å². The van der Waals surface area contributed by atoms with Crippen molar-refractivity contribution < 1.29 is 19.7 Å². The van der Waals surface area contributed by atoms with Gasteiger partial charge in [-0.15, -0.1) is 0 Å². The van der Waals surface area contributed by atoms with Gasteiger partial charge in [0.2, 0.25) is 0 Å². The van der Waals surface area contributed by atoms with Crippen LogP contribution in [-0.4, -0.2) is 28.9 Å². The van der Waals surface area contributed by atoms with Crippen LogP contribution in [0.25, 0.3) is 0 Å². The Morgan fingerprint density at radius 1 is 1.39 bits per heavy atom. The molecule has 0 heterocycles. The number of hydrogen-bond donors (Lipinski definition) is 2. The summed E-state index contributed by atoms with van der Waals surface area (Å²) in [6.45, 7) is 2.07. The highest BCUT2D eigenvalue weighted by Gasteiger charge is 2.17. The molecule has 5 nitrogen and oxygen atoms in total. The van der Waals surface area contributed by atoms with Gasteiger partial charge in [-0.2, -0.15) is 5.26 Å². The number of ether oxygens (including phenoxy) is 1. The molecule has 5 heteroatoms. The predicted octanol–water partition coefficient (Wildman–Crippen LogP) is 0.710. The molecule has 1 aromatic carbocycles. The molecule has 1 rings (SSSR count). The monoisotopic (exact) mass is 249 g/mol. The molecule has 0 spiro atoms. The molecule has 18 heavy (non-hydrogen) atoms. The van der Waals surface area contributed by atoms with E-state index in [1.54, 1.807) is 37.3 Å². The second kappa shape index (κ2) is 6.74. The fourth-order valence-electron chi connectivity index (χ4n) is 1.46. The van der Waals surface area contributed by atoms with E-state index in [0.717, 1.165) is 5.56 Å². The van der Waals surface area contributed by atoms with Crippen molar-refractivity contribution in [3.05, 3.63) is 35.4 Å². The Balaban J connectivity index is 2.69. The van der Waals surface area contributed by atoms with Gasteiger partial charge < -0.3 is 14.9 Å². The first-order valence-electron chi connectivity index (χ1n) is 5.58. The molecule has 1 aromatic rings. The summed E-state index contributed by atoms with van der Waals surface area (Å²) in [5.41, 5.74) is 1.17. The van der Waals surface area contributed by atoms with Crippen LogP contribution < -0.4 is 0 Å². The number of nitriles is 1. The van der Waals surface area contributed by atoms with Crippen LogP contribution in [0.5, 0.6) is 0 Å². The zero-order chi connectivity index (χ0) is 13.5. The van der Waals surface area contributed by atoms with Crippen LogP contribution in [0.2, 0.25) is 0 Å². The van der Waals surface area contributed by atoms with Crippen molar-refractivity contribution >= 4 is 5.97 Å². The van der Waals surface area contributed by atoms with Gasteiger partial charge in [0, 0.05) is 0 Å². The number of carbonyl (C=O) groups excluding carboxylic acids is 1. The molecule has 2 N–H and O–H groups in total. The molecule has 0 aliphatic rings. The van der Waals surface area contributed by atoms with Gasteiger partial charge in [-0.05, 0) is 18.1 Å². The molecule has 0 aliphatic carbocycles. The lowest BCUT2D eigenvalue weighted by Crippen LogP contribution is -2.15.